The van der Waals surface area contributed by atoms with E-state index < -0.39 is 0 Å². The lowest BCUT2D eigenvalue weighted by Gasteiger charge is -1.98. The first kappa shape index (κ1) is 21.5. The molecular weight excluding hydrogens is 356 g/mol. The molecule has 0 N–H and O–H groups in total. The Labute approximate surface area is 172 Å². The number of hydrogen-bond acceptors (Lipinski definition) is 2. The fourth-order valence-electron chi connectivity index (χ4n) is 2.56. The Morgan fingerprint density at radius 3 is 0.724 bits per heavy atom. The second kappa shape index (κ2) is 13.4. The first-order valence-electron chi connectivity index (χ1n) is 9.43. The van der Waals surface area contributed by atoms with Gasteiger partial charge in [0, 0.05) is 0 Å². The van der Waals surface area contributed by atoms with Gasteiger partial charge >= 0.3 is 0 Å². The molecule has 0 aromatic heterocycles. The van der Waals surface area contributed by atoms with Crippen LogP contribution in [0.25, 0.3) is 22.3 Å². The summed E-state index contributed by atoms with van der Waals surface area (Å²) in [7, 11) is 0. The van der Waals surface area contributed by atoms with Crippen LogP contribution in [0.3, 0.4) is 0 Å². The molecule has 0 radical (unpaired) electrons. The minimum absolute atomic E-state index is 0.0278. The van der Waals surface area contributed by atoms with Crippen LogP contribution >= 0.6 is 0 Å². The highest BCUT2D eigenvalue weighted by molar-refractivity contribution is 5.72. The molecule has 0 bridgehead atoms. The van der Waals surface area contributed by atoms with Gasteiger partial charge < -0.3 is 9.59 Å². The van der Waals surface area contributed by atoms with Gasteiger partial charge in [0.1, 0.15) is 12.6 Å². The summed E-state index contributed by atoms with van der Waals surface area (Å²) < 4.78 is 0. The monoisotopic (exact) mass is 380 g/mol. The first-order valence-corrected chi connectivity index (χ1v) is 9.43. The van der Waals surface area contributed by atoms with Crippen molar-refractivity contribution in [2.24, 2.45) is 0 Å². The summed E-state index contributed by atoms with van der Waals surface area (Å²) in [4.78, 5) is 18.3. The van der Waals surface area contributed by atoms with E-state index >= 15 is 0 Å². The molecule has 0 fully saturated rings. The highest BCUT2D eigenvalue weighted by Crippen LogP contribution is 2.18. The van der Waals surface area contributed by atoms with Gasteiger partial charge in [-0.1, -0.05) is 121 Å². The van der Waals surface area contributed by atoms with Gasteiger partial charge in [-0.2, -0.15) is 0 Å². The smallest absolute Gasteiger partial charge is 0.127 e. The zero-order valence-corrected chi connectivity index (χ0v) is 16.2. The zero-order chi connectivity index (χ0) is 20.6. The number of carbonyl (C=O) groups excluding carboxylic acids is 2. The molecule has 0 atom stereocenters. The van der Waals surface area contributed by atoms with Gasteiger partial charge in [0.25, 0.3) is 0 Å². The van der Waals surface area contributed by atoms with Gasteiger partial charge in [-0.15, -0.1) is 0 Å². The van der Waals surface area contributed by atoms with E-state index in [4.69, 9.17) is 0 Å². The Balaban J connectivity index is 0.000000170. The van der Waals surface area contributed by atoms with Crippen molar-refractivity contribution >= 4 is 12.6 Å². The largest absolute Gasteiger partial charge is 0.303 e. The Kier molecular flexibility index (Phi) is 9.94. The van der Waals surface area contributed by atoms with Crippen LogP contribution in [0.5, 0.6) is 0 Å². The van der Waals surface area contributed by atoms with Crippen molar-refractivity contribution in [2.45, 2.75) is 6.42 Å². The average molecular weight is 380 g/mol. The molecule has 0 aliphatic carbocycles. The summed E-state index contributed by atoms with van der Waals surface area (Å²) in [5.74, 6) is 0. The molecular formula is C27H24O2. The van der Waals surface area contributed by atoms with E-state index in [1.807, 2.05) is 24.3 Å². The SMILES string of the molecule is O=CCC=O.c1ccc(-c2ccccc2)cc1.c1ccc(-c2ccccc2)cc1. The fourth-order valence-corrected chi connectivity index (χ4v) is 2.56. The lowest BCUT2D eigenvalue weighted by atomic mass is 10.1. The summed E-state index contributed by atoms with van der Waals surface area (Å²) in [5.41, 5.74) is 5.10. The van der Waals surface area contributed by atoms with Crippen molar-refractivity contribution in [1.29, 1.82) is 0 Å². The van der Waals surface area contributed by atoms with Crippen LogP contribution < -0.4 is 0 Å². The second-order valence-corrected chi connectivity index (χ2v) is 6.03. The zero-order valence-electron chi connectivity index (χ0n) is 16.2. The Bertz CT molecular complexity index is 779. The maximum absolute atomic E-state index is 9.17. The molecule has 0 aliphatic rings. The van der Waals surface area contributed by atoms with E-state index in [-0.39, 0.29) is 6.42 Å². The van der Waals surface area contributed by atoms with Crippen LogP contribution in [-0.4, -0.2) is 12.6 Å². The number of carbonyl (C=O) groups is 2. The Hall–Kier alpha value is -3.78. The van der Waals surface area contributed by atoms with Crippen LogP contribution in [0.1, 0.15) is 6.42 Å². The lowest BCUT2D eigenvalue weighted by Crippen LogP contribution is -1.73. The van der Waals surface area contributed by atoms with Crippen LogP contribution in [0.4, 0.5) is 0 Å². The van der Waals surface area contributed by atoms with Crippen LogP contribution in [0.15, 0.2) is 121 Å². The van der Waals surface area contributed by atoms with Crippen molar-refractivity contribution in [1.82, 2.24) is 0 Å². The van der Waals surface area contributed by atoms with Gasteiger partial charge in [-0.05, 0) is 22.3 Å². The van der Waals surface area contributed by atoms with Crippen molar-refractivity contribution in [3.8, 4) is 22.3 Å². The van der Waals surface area contributed by atoms with Gasteiger partial charge in [0.05, 0.1) is 6.42 Å². The minimum atomic E-state index is 0.0278. The van der Waals surface area contributed by atoms with Gasteiger partial charge in [0.15, 0.2) is 0 Å². The fraction of sp³-hybridized carbons (Fsp3) is 0.0370. The van der Waals surface area contributed by atoms with Crippen molar-refractivity contribution < 1.29 is 9.59 Å². The van der Waals surface area contributed by atoms with E-state index in [1.54, 1.807) is 0 Å². The number of hydrogen-bond donors (Lipinski definition) is 0. The summed E-state index contributed by atoms with van der Waals surface area (Å²) in [6, 6.07) is 41.6. The summed E-state index contributed by atoms with van der Waals surface area (Å²) in [5, 5.41) is 0. The minimum Gasteiger partial charge on any atom is -0.303 e. The maximum atomic E-state index is 9.17. The predicted molar refractivity (Wildman–Crippen MR) is 121 cm³/mol. The molecule has 29 heavy (non-hydrogen) atoms. The predicted octanol–water partition coefficient (Wildman–Crippen LogP) is 6.48. The second-order valence-electron chi connectivity index (χ2n) is 6.03. The summed E-state index contributed by atoms with van der Waals surface area (Å²) in [6.45, 7) is 0. The average Bonchev–Trinajstić information content (AvgIpc) is 2.83. The van der Waals surface area contributed by atoms with E-state index in [9.17, 15) is 9.59 Å². The van der Waals surface area contributed by atoms with Crippen molar-refractivity contribution in [3.05, 3.63) is 121 Å². The summed E-state index contributed by atoms with van der Waals surface area (Å²) in [6.07, 6.45) is 1.15. The van der Waals surface area contributed by atoms with Crippen LogP contribution in [0.2, 0.25) is 0 Å². The molecule has 0 amide bonds. The third-order valence-electron chi connectivity index (χ3n) is 3.95. The molecule has 2 nitrogen and oxygen atoms in total. The molecule has 4 aromatic rings. The van der Waals surface area contributed by atoms with Crippen molar-refractivity contribution in [3.63, 3.8) is 0 Å². The molecule has 4 rings (SSSR count). The van der Waals surface area contributed by atoms with Gasteiger partial charge in [-0.25, -0.2) is 0 Å². The van der Waals surface area contributed by atoms with E-state index in [0.717, 1.165) is 0 Å². The number of rotatable bonds is 4. The maximum Gasteiger partial charge on any atom is 0.127 e. The standard InChI is InChI=1S/2C12H10.C3H4O2/c2*1-3-7-11(8-4-1)12-9-5-2-6-10-12;4-2-1-3-5/h2*1-10H;2-3H,1H2. The number of aldehydes is 2. The summed E-state index contributed by atoms with van der Waals surface area (Å²) >= 11 is 0. The Morgan fingerprint density at radius 2 is 0.586 bits per heavy atom. The molecule has 0 heterocycles. The Morgan fingerprint density at radius 1 is 0.379 bits per heavy atom. The van der Waals surface area contributed by atoms with E-state index in [2.05, 4.69) is 97.1 Å². The lowest BCUT2D eigenvalue weighted by molar-refractivity contribution is -0.114. The highest BCUT2D eigenvalue weighted by atomic mass is 16.1. The molecule has 4 aromatic carbocycles. The van der Waals surface area contributed by atoms with Crippen LogP contribution in [-0.2, 0) is 9.59 Å². The molecule has 0 spiro atoms. The normalized spacial score (nSPS) is 9.10. The van der Waals surface area contributed by atoms with Crippen LogP contribution in [0, 0.1) is 0 Å². The molecule has 0 aliphatic heterocycles. The quantitative estimate of drug-likeness (QED) is 0.300. The topological polar surface area (TPSA) is 34.1 Å². The first-order chi connectivity index (χ1) is 14.3. The molecule has 2 heteroatoms. The van der Waals surface area contributed by atoms with E-state index in [1.165, 1.54) is 22.3 Å². The molecule has 0 saturated carbocycles. The van der Waals surface area contributed by atoms with E-state index in [0.29, 0.717) is 12.6 Å². The third kappa shape index (κ3) is 8.19. The van der Waals surface area contributed by atoms with Gasteiger partial charge in [-0.3, -0.25) is 0 Å². The number of benzene rings is 4. The molecule has 0 saturated heterocycles. The highest BCUT2D eigenvalue weighted by Gasteiger charge is 1.92. The molecule has 144 valence electrons. The van der Waals surface area contributed by atoms with Crippen molar-refractivity contribution in [2.75, 3.05) is 0 Å². The molecule has 0 unspecified atom stereocenters. The third-order valence-corrected chi connectivity index (χ3v) is 3.95. The van der Waals surface area contributed by atoms with Gasteiger partial charge in [0.2, 0.25) is 0 Å².